The van der Waals surface area contributed by atoms with Gasteiger partial charge < -0.3 is 10.1 Å². The van der Waals surface area contributed by atoms with E-state index < -0.39 is 5.82 Å². The molecule has 1 fully saturated rings. The van der Waals surface area contributed by atoms with Gasteiger partial charge in [-0.25, -0.2) is 4.39 Å². The van der Waals surface area contributed by atoms with Gasteiger partial charge in [0.2, 0.25) is 5.91 Å². The monoisotopic (exact) mass is 229 g/mol. The number of rotatable bonds is 1. The van der Waals surface area contributed by atoms with Crippen LogP contribution in [0.25, 0.3) is 0 Å². The number of hydrogen-bond donors (Lipinski definition) is 1. The van der Waals surface area contributed by atoms with Gasteiger partial charge in [0, 0.05) is 6.54 Å². The summed E-state index contributed by atoms with van der Waals surface area (Å²) in [5, 5.41) is 2.73. The second-order valence-electron chi connectivity index (χ2n) is 3.28. The molecule has 1 aromatic carbocycles. The number of carbonyl (C=O) groups is 1. The Kier molecular flexibility index (Phi) is 2.88. The molecule has 3 nitrogen and oxygen atoms in total. The van der Waals surface area contributed by atoms with E-state index in [0.717, 1.165) is 5.56 Å². The van der Waals surface area contributed by atoms with Gasteiger partial charge in [0.15, 0.2) is 0 Å². The van der Waals surface area contributed by atoms with Gasteiger partial charge in [-0.3, -0.25) is 4.79 Å². The van der Waals surface area contributed by atoms with Crippen LogP contribution in [-0.4, -0.2) is 19.1 Å². The third kappa shape index (κ3) is 2.27. The first-order valence-corrected chi connectivity index (χ1v) is 4.88. The normalized spacial score (nSPS) is 21.2. The number of halogens is 2. The van der Waals surface area contributed by atoms with E-state index >= 15 is 0 Å². The highest BCUT2D eigenvalue weighted by molar-refractivity contribution is 6.30. The van der Waals surface area contributed by atoms with Gasteiger partial charge >= 0.3 is 0 Å². The second kappa shape index (κ2) is 4.16. The fourth-order valence-corrected chi connectivity index (χ4v) is 1.61. The Morgan fingerprint density at radius 2 is 2.33 bits per heavy atom. The van der Waals surface area contributed by atoms with Crippen molar-refractivity contribution in [1.82, 2.24) is 5.32 Å². The molecule has 1 heterocycles. The molecular formula is C10H9ClFNO2. The number of morpholine rings is 1. The molecule has 5 heteroatoms. The predicted molar refractivity (Wildman–Crippen MR) is 53.1 cm³/mol. The molecule has 1 aromatic rings. The summed E-state index contributed by atoms with van der Waals surface area (Å²) < 4.78 is 18.2. The molecule has 2 rings (SSSR count). The zero-order chi connectivity index (χ0) is 10.8. The summed E-state index contributed by atoms with van der Waals surface area (Å²) in [6.07, 6.45) is -0.249. The lowest BCUT2D eigenvalue weighted by Gasteiger charge is -2.23. The maximum atomic E-state index is 12.9. The Hall–Kier alpha value is -1.13. The van der Waals surface area contributed by atoms with Crippen LogP contribution in [0, 0.1) is 5.82 Å². The van der Waals surface area contributed by atoms with E-state index in [4.69, 9.17) is 16.3 Å². The molecule has 0 radical (unpaired) electrons. The summed E-state index contributed by atoms with van der Waals surface area (Å²) in [6, 6.07) is 4.40. The minimum Gasteiger partial charge on any atom is -0.362 e. The summed E-state index contributed by atoms with van der Waals surface area (Å²) in [7, 11) is 0. The highest BCUT2D eigenvalue weighted by Gasteiger charge is 2.20. The highest BCUT2D eigenvalue weighted by atomic mass is 35.5. The summed E-state index contributed by atoms with van der Waals surface area (Å²) in [6.45, 7) is 0.417. The molecule has 1 N–H and O–H groups in total. The smallest absolute Gasteiger partial charge is 0.246 e. The van der Waals surface area contributed by atoms with Crippen LogP contribution in [0.4, 0.5) is 4.39 Å². The third-order valence-electron chi connectivity index (χ3n) is 2.22. The van der Waals surface area contributed by atoms with E-state index in [2.05, 4.69) is 5.32 Å². The topological polar surface area (TPSA) is 38.3 Å². The number of amides is 1. The molecule has 0 spiro atoms. The van der Waals surface area contributed by atoms with E-state index in [-0.39, 0.29) is 23.6 Å². The molecule has 1 aliphatic heterocycles. The van der Waals surface area contributed by atoms with Crippen LogP contribution in [0.15, 0.2) is 18.2 Å². The predicted octanol–water partition coefficient (Wildman–Crippen LogP) is 1.67. The van der Waals surface area contributed by atoms with Crippen molar-refractivity contribution in [2.45, 2.75) is 6.10 Å². The van der Waals surface area contributed by atoms with Gasteiger partial charge in [-0.1, -0.05) is 17.7 Å². The first-order chi connectivity index (χ1) is 7.16. The molecule has 80 valence electrons. The Bertz CT molecular complexity index is 387. The number of hydrogen-bond acceptors (Lipinski definition) is 2. The van der Waals surface area contributed by atoms with Gasteiger partial charge in [-0.2, -0.15) is 0 Å². The molecule has 1 saturated heterocycles. The van der Waals surface area contributed by atoms with Crippen LogP contribution in [0.1, 0.15) is 11.7 Å². The van der Waals surface area contributed by atoms with Crippen molar-refractivity contribution in [3.63, 3.8) is 0 Å². The summed E-state index contributed by atoms with van der Waals surface area (Å²) in [5.41, 5.74) is 0.765. The van der Waals surface area contributed by atoms with Crippen molar-refractivity contribution >= 4 is 17.5 Å². The van der Waals surface area contributed by atoms with E-state index in [1.165, 1.54) is 12.1 Å². The molecular weight excluding hydrogens is 221 g/mol. The van der Waals surface area contributed by atoms with Crippen molar-refractivity contribution in [1.29, 1.82) is 0 Å². The van der Waals surface area contributed by atoms with Crippen molar-refractivity contribution in [3.8, 4) is 0 Å². The zero-order valence-electron chi connectivity index (χ0n) is 7.80. The Balaban J connectivity index is 2.16. The quantitative estimate of drug-likeness (QED) is 0.796. The van der Waals surface area contributed by atoms with Crippen LogP contribution in [0.5, 0.6) is 0 Å². The maximum Gasteiger partial charge on any atom is 0.246 e. The molecule has 1 amide bonds. The Morgan fingerprint density at radius 3 is 2.93 bits per heavy atom. The molecule has 0 aromatic heterocycles. The van der Waals surface area contributed by atoms with E-state index in [0.29, 0.717) is 6.54 Å². The molecule has 1 aliphatic rings. The zero-order valence-corrected chi connectivity index (χ0v) is 8.55. The average Bonchev–Trinajstić information content (AvgIpc) is 2.23. The number of benzene rings is 1. The third-order valence-corrected chi connectivity index (χ3v) is 2.51. The van der Waals surface area contributed by atoms with Crippen LogP contribution in [-0.2, 0) is 9.53 Å². The number of nitrogens with one attached hydrogen (secondary N) is 1. The van der Waals surface area contributed by atoms with Crippen LogP contribution < -0.4 is 5.32 Å². The van der Waals surface area contributed by atoms with E-state index in [1.807, 2.05) is 0 Å². The Labute approximate surface area is 91.2 Å². The van der Waals surface area contributed by atoms with Crippen molar-refractivity contribution in [2.75, 3.05) is 13.2 Å². The lowest BCUT2D eigenvalue weighted by molar-refractivity contribution is -0.133. The minimum absolute atomic E-state index is 0.0274. The van der Waals surface area contributed by atoms with Gasteiger partial charge in [-0.15, -0.1) is 0 Å². The SMILES string of the molecule is O=C1CO[C@H](c2ccc(F)c(Cl)c2)CN1. The minimum atomic E-state index is -0.458. The lowest BCUT2D eigenvalue weighted by atomic mass is 10.1. The van der Waals surface area contributed by atoms with Crippen LogP contribution >= 0.6 is 11.6 Å². The fraction of sp³-hybridized carbons (Fsp3) is 0.300. The summed E-state index contributed by atoms with van der Waals surface area (Å²) in [5.74, 6) is -0.597. The van der Waals surface area contributed by atoms with Crippen LogP contribution in [0.3, 0.4) is 0 Å². The van der Waals surface area contributed by atoms with E-state index in [9.17, 15) is 9.18 Å². The molecule has 0 unspecified atom stereocenters. The van der Waals surface area contributed by atoms with Gasteiger partial charge in [0.25, 0.3) is 0 Å². The van der Waals surface area contributed by atoms with Gasteiger partial charge in [0.1, 0.15) is 18.5 Å². The lowest BCUT2D eigenvalue weighted by Crippen LogP contribution is -2.38. The summed E-state index contributed by atoms with van der Waals surface area (Å²) in [4.78, 5) is 10.8. The first kappa shape index (κ1) is 10.4. The standard InChI is InChI=1S/C10H9ClFNO2/c11-7-3-6(1-2-8(7)12)9-4-13-10(14)5-15-9/h1-3,9H,4-5H2,(H,13,14)/t9-/m0/s1. The molecule has 1 atom stereocenters. The van der Waals surface area contributed by atoms with Gasteiger partial charge in [0.05, 0.1) is 5.02 Å². The van der Waals surface area contributed by atoms with Crippen molar-refractivity contribution in [2.24, 2.45) is 0 Å². The van der Waals surface area contributed by atoms with Crippen molar-refractivity contribution in [3.05, 3.63) is 34.6 Å². The molecule has 0 saturated carbocycles. The maximum absolute atomic E-state index is 12.9. The number of carbonyl (C=O) groups excluding carboxylic acids is 1. The largest absolute Gasteiger partial charge is 0.362 e. The average molecular weight is 230 g/mol. The Morgan fingerprint density at radius 1 is 1.53 bits per heavy atom. The summed E-state index contributed by atoms with van der Waals surface area (Å²) >= 11 is 5.64. The highest BCUT2D eigenvalue weighted by Crippen LogP contribution is 2.23. The molecule has 0 aliphatic carbocycles. The van der Waals surface area contributed by atoms with Gasteiger partial charge in [-0.05, 0) is 17.7 Å². The molecule has 0 bridgehead atoms. The molecule has 15 heavy (non-hydrogen) atoms. The first-order valence-electron chi connectivity index (χ1n) is 4.50. The number of ether oxygens (including phenoxy) is 1. The second-order valence-corrected chi connectivity index (χ2v) is 3.68. The van der Waals surface area contributed by atoms with E-state index in [1.54, 1.807) is 6.07 Å². The van der Waals surface area contributed by atoms with Crippen molar-refractivity contribution < 1.29 is 13.9 Å². The van der Waals surface area contributed by atoms with Crippen LogP contribution in [0.2, 0.25) is 5.02 Å². The fourth-order valence-electron chi connectivity index (χ4n) is 1.42.